The molecule has 1 aliphatic carbocycles. The van der Waals surface area contributed by atoms with Crippen LogP contribution in [0.25, 0.3) is 11.3 Å². The lowest BCUT2D eigenvalue weighted by atomic mass is 9.90. The molecule has 1 amide bonds. The molecule has 3 aromatic rings. The highest BCUT2D eigenvalue weighted by atomic mass is 16.6. The Morgan fingerprint density at radius 2 is 1.73 bits per heavy atom. The minimum Gasteiger partial charge on any atom is -0.481 e. The van der Waals surface area contributed by atoms with Crippen LogP contribution in [0.15, 0.2) is 47.1 Å². The van der Waals surface area contributed by atoms with Crippen molar-refractivity contribution in [3.05, 3.63) is 59.2 Å². The molecule has 1 aliphatic rings. The average Bonchev–Trinajstić information content (AvgIpc) is 3.21. The minimum absolute atomic E-state index is 0.307. The summed E-state index contributed by atoms with van der Waals surface area (Å²) in [7, 11) is 0. The molecule has 2 aromatic carbocycles. The molecule has 0 saturated heterocycles. The van der Waals surface area contributed by atoms with E-state index in [1.807, 2.05) is 30.3 Å². The number of aryl methyl sites for hydroxylation is 2. The Morgan fingerprint density at radius 3 is 2.47 bits per heavy atom. The second-order valence-corrected chi connectivity index (χ2v) is 8.13. The summed E-state index contributed by atoms with van der Waals surface area (Å²) in [6.07, 6.45) is 3.92. The Balaban J connectivity index is 1.45. The zero-order valence-corrected chi connectivity index (χ0v) is 17.6. The largest absolute Gasteiger partial charge is 0.481 e. The molecule has 6 nitrogen and oxygen atoms in total. The highest BCUT2D eigenvalue weighted by molar-refractivity contribution is 5.96. The van der Waals surface area contributed by atoms with Gasteiger partial charge in [0.05, 0.1) is 0 Å². The molecule has 1 unspecified atom stereocenters. The summed E-state index contributed by atoms with van der Waals surface area (Å²) >= 11 is 0. The first-order valence-electron chi connectivity index (χ1n) is 10.5. The molecule has 1 N–H and O–H groups in total. The maximum atomic E-state index is 12.7. The van der Waals surface area contributed by atoms with Crippen LogP contribution < -0.4 is 10.1 Å². The summed E-state index contributed by atoms with van der Waals surface area (Å²) in [5.41, 5.74) is 5.37. The Hall–Kier alpha value is -3.15. The highest BCUT2D eigenvalue weighted by Gasteiger charge is 2.21. The predicted octanol–water partition coefficient (Wildman–Crippen LogP) is 5.14. The molecule has 0 bridgehead atoms. The topological polar surface area (TPSA) is 77.2 Å². The van der Waals surface area contributed by atoms with Crippen LogP contribution >= 0.6 is 0 Å². The predicted molar refractivity (Wildman–Crippen MR) is 116 cm³/mol. The van der Waals surface area contributed by atoms with Gasteiger partial charge < -0.3 is 10.1 Å². The van der Waals surface area contributed by atoms with E-state index >= 15 is 0 Å². The van der Waals surface area contributed by atoms with Crippen molar-refractivity contribution in [2.75, 3.05) is 5.32 Å². The van der Waals surface area contributed by atoms with Crippen LogP contribution in [-0.2, 0) is 17.6 Å². The number of carbonyl (C=O) groups excluding carboxylic acids is 1. The molecular formula is C24H27N3O3. The number of aromatic nitrogens is 2. The molecule has 156 valence electrons. The second kappa shape index (κ2) is 8.69. The molecule has 0 spiro atoms. The van der Waals surface area contributed by atoms with E-state index in [1.165, 1.54) is 29.5 Å². The quantitative estimate of drug-likeness (QED) is 0.614. The number of anilines is 1. The van der Waals surface area contributed by atoms with E-state index < -0.39 is 6.10 Å². The molecule has 0 saturated carbocycles. The number of ether oxygens (including phenoxy) is 1. The number of fused-ring (bicyclic) bond motifs is 1. The molecule has 30 heavy (non-hydrogen) atoms. The van der Waals surface area contributed by atoms with Crippen molar-refractivity contribution in [2.24, 2.45) is 0 Å². The van der Waals surface area contributed by atoms with Gasteiger partial charge in [0.25, 0.3) is 5.91 Å². The molecular weight excluding hydrogens is 378 g/mol. The third-order valence-electron chi connectivity index (χ3n) is 5.58. The number of nitrogens with zero attached hydrogens (tertiary/aromatic N) is 2. The highest BCUT2D eigenvalue weighted by Crippen LogP contribution is 2.30. The summed E-state index contributed by atoms with van der Waals surface area (Å²) < 4.78 is 10.7. The first-order valence-corrected chi connectivity index (χ1v) is 10.5. The Kier molecular flexibility index (Phi) is 5.84. The molecule has 0 radical (unpaired) electrons. The first-order chi connectivity index (χ1) is 14.5. The van der Waals surface area contributed by atoms with Gasteiger partial charge >= 0.3 is 0 Å². The molecule has 1 heterocycles. The standard InChI is InChI=1S/C24H27N3O3/c1-15(2)17-10-12-21(13-11-17)29-16(3)24(28)25-23-22(26-30-27-23)20-9-8-18-6-4-5-7-19(18)14-20/h8-16H,4-7H2,1-3H3,(H,25,27,28). The Bertz CT molecular complexity index is 1020. The third kappa shape index (κ3) is 4.37. The summed E-state index contributed by atoms with van der Waals surface area (Å²) in [6.45, 7) is 5.98. The van der Waals surface area contributed by atoms with E-state index in [4.69, 9.17) is 9.37 Å². The monoisotopic (exact) mass is 405 g/mol. The fourth-order valence-corrected chi connectivity index (χ4v) is 3.75. The smallest absolute Gasteiger partial charge is 0.266 e. The minimum atomic E-state index is -0.692. The maximum absolute atomic E-state index is 12.7. The van der Waals surface area contributed by atoms with Crippen molar-refractivity contribution in [1.29, 1.82) is 0 Å². The van der Waals surface area contributed by atoms with Crippen LogP contribution in [-0.4, -0.2) is 22.3 Å². The molecule has 1 aromatic heterocycles. The van der Waals surface area contributed by atoms with Crippen molar-refractivity contribution in [3.8, 4) is 17.0 Å². The van der Waals surface area contributed by atoms with Crippen LogP contribution in [0.5, 0.6) is 5.75 Å². The molecule has 1 atom stereocenters. The van der Waals surface area contributed by atoms with Gasteiger partial charge in [0.15, 0.2) is 11.8 Å². The Morgan fingerprint density at radius 1 is 1.00 bits per heavy atom. The number of benzene rings is 2. The van der Waals surface area contributed by atoms with Gasteiger partial charge in [0.1, 0.15) is 5.75 Å². The maximum Gasteiger partial charge on any atom is 0.266 e. The van der Waals surface area contributed by atoms with Crippen molar-refractivity contribution in [2.45, 2.75) is 58.5 Å². The number of hydrogen-bond donors (Lipinski definition) is 1. The van der Waals surface area contributed by atoms with E-state index in [0.717, 1.165) is 18.4 Å². The van der Waals surface area contributed by atoms with Crippen LogP contribution in [0.4, 0.5) is 5.82 Å². The van der Waals surface area contributed by atoms with Gasteiger partial charge in [-0.15, -0.1) is 0 Å². The van der Waals surface area contributed by atoms with Crippen molar-refractivity contribution in [3.63, 3.8) is 0 Å². The van der Waals surface area contributed by atoms with Crippen molar-refractivity contribution in [1.82, 2.24) is 10.3 Å². The Labute approximate surface area is 176 Å². The SMILES string of the molecule is CC(Oc1ccc(C(C)C)cc1)C(=O)Nc1nonc1-c1ccc2c(c1)CCCC2. The van der Waals surface area contributed by atoms with Gasteiger partial charge in [-0.05, 0) is 83.7 Å². The molecule has 0 fully saturated rings. The number of carbonyl (C=O) groups is 1. The van der Waals surface area contributed by atoms with Gasteiger partial charge in [-0.3, -0.25) is 4.79 Å². The first kappa shape index (κ1) is 20.1. The van der Waals surface area contributed by atoms with E-state index in [2.05, 4.69) is 41.6 Å². The zero-order valence-electron chi connectivity index (χ0n) is 17.6. The molecule has 4 rings (SSSR count). The number of rotatable bonds is 6. The van der Waals surface area contributed by atoms with E-state index in [9.17, 15) is 4.79 Å². The van der Waals surface area contributed by atoms with Crippen molar-refractivity contribution < 1.29 is 14.2 Å². The van der Waals surface area contributed by atoms with Gasteiger partial charge in [-0.2, -0.15) is 0 Å². The van der Waals surface area contributed by atoms with E-state index in [-0.39, 0.29) is 5.91 Å². The number of hydrogen-bond acceptors (Lipinski definition) is 5. The van der Waals surface area contributed by atoms with Gasteiger partial charge in [-0.1, -0.05) is 38.1 Å². The number of nitrogens with one attached hydrogen (secondary N) is 1. The van der Waals surface area contributed by atoms with Crippen LogP contribution in [0.3, 0.4) is 0 Å². The summed E-state index contributed by atoms with van der Waals surface area (Å²) in [5.74, 6) is 1.09. The van der Waals surface area contributed by atoms with Gasteiger partial charge in [0.2, 0.25) is 5.82 Å². The molecule has 6 heteroatoms. The fraction of sp³-hybridized carbons (Fsp3) is 0.375. The van der Waals surface area contributed by atoms with Gasteiger partial charge in [-0.25, -0.2) is 4.63 Å². The zero-order chi connectivity index (χ0) is 21.1. The summed E-state index contributed by atoms with van der Waals surface area (Å²) in [6, 6.07) is 14.1. The third-order valence-corrected chi connectivity index (χ3v) is 5.58. The van der Waals surface area contributed by atoms with E-state index in [0.29, 0.717) is 23.2 Å². The summed E-state index contributed by atoms with van der Waals surface area (Å²) in [4.78, 5) is 12.7. The normalized spacial score (nSPS) is 14.3. The lowest BCUT2D eigenvalue weighted by Crippen LogP contribution is -2.30. The second-order valence-electron chi connectivity index (χ2n) is 8.13. The average molecular weight is 405 g/mol. The van der Waals surface area contributed by atoms with Crippen LogP contribution in [0.2, 0.25) is 0 Å². The van der Waals surface area contributed by atoms with Crippen LogP contribution in [0.1, 0.15) is 56.2 Å². The summed E-state index contributed by atoms with van der Waals surface area (Å²) in [5, 5.41) is 10.7. The van der Waals surface area contributed by atoms with Gasteiger partial charge in [0, 0.05) is 5.56 Å². The van der Waals surface area contributed by atoms with E-state index in [1.54, 1.807) is 6.92 Å². The lowest BCUT2D eigenvalue weighted by Gasteiger charge is -2.16. The van der Waals surface area contributed by atoms with Crippen molar-refractivity contribution >= 4 is 11.7 Å². The lowest BCUT2D eigenvalue weighted by molar-refractivity contribution is -0.122. The number of amides is 1. The van der Waals surface area contributed by atoms with Crippen LogP contribution in [0, 0.1) is 0 Å². The molecule has 0 aliphatic heterocycles. The fourth-order valence-electron chi connectivity index (χ4n) is 3.75.